The minimum Gasteiger partial charge on any atom is -0.507 e. The van der Waals surface area contributed by atoms with Gasteiger partial charge in [-0.2, -0.15) is 5.26 Å². The van der Waals surface area contributed by atoms with Crippen LogP contribution in [0.25, 0.3) is 11.1 Å². The van der Waals surface area contributed by atoms with Crippen LogP contribution >= 0.6 is 11.6 Å². The van der Waals surface area contributed by atoms with Gasteiger partial charge in [0.1, 0.15) is 17.6 Å². The Hall–Kier alpha value is -2.05. The molecule has 0 bridgehead atoms. The molecule has 17 heavy (non-hydrogen) atoms. The van der Waals surface area contributed by atoms with E-state index in [1.54, 1.807) is 12.1 Å². The van der Waals surface area contributed by atoms with Crippen molar-refractivity contribution in [1.82, 2.24) is 0 Å². The molecule has 0 unspecified atom stereocenters. The van der Waals surface area contributed by atoms with Crippen molar-refractivity contribution in [3.05, 3.63) is 52.8 Å². The summed E-state index contributed by atoms with van der Waals surface area (Å²) in [5.74, 6) is -0.585. The van der Waals surface area contributed by atoms with Gasteiger partial charge in [-0.25, -0.2) is 4.39 Å². The summed E-state index contributed by atoms with van der Waals surface area (Å²) in [5, 5.41) is 18.4. The third-order valence-electron chi connectivity index (χ3n) is 2.36. The fraction of sp³-hybridized carbons (Fsp3) is 0. The molecule has 2 aromatic carbocycles. The van der Waals surface area contributed by atoms with Crippen LogP contribution in [0.2, 0.25) is 5.02 Å². The molecule has 0 saturated heterocycles. The first-order valence-corrected chi connectivity index (χ1v) is 5.18. The topological polar surface area (TPSA) is 44.0 Å². The highest BCUT2D eigenvalue weighted by Gasteiger charge is 2.08. The first-order valence-electron chi connectivity index (χ1n) is 4.80. The fourth-order valence-corrected chi connectivity index (χ4v) is 1.68. The fourth-order valence-electron chi connectivity index (χ4n) is 1.52. The van der Waals surface area contributed by atoms with E-state index < -0.39 is 5.82 Å². The Morgan fingerprint density at radius 1 is 1.18 bits per heavy atom. The number of aromatic hydroxyl groups is 1. The molecule has 0 saturated carbocycles. The van der Waals surface area contributed by atoms with Gasteiger partial charge in [-0.3, -0.25) is 0 Å². The summed E-state index contributed by atoms with van der Waals surface area (Å²) in [6, 6.07) is 10.5. The zero-order valence-electron chi connectivity index (χ0n) is 8.61. The highest BCUT2D eigenvalue weighted by Crippen LogP contribution is 2.28. The Morgan fingerprint density at radius 3 is 2.59 bits per heavy atom. The van der Waals surface area contributed by atoms with Crippen molar-refractivity contribution in [2.75, 3.05) is 0 Å². The molecule has 0 radical (unpaired) electrons. The zero-order chi connectivity index (χ0) is 12.4. The van der Waals surface area contributed by atoms with Crippen LogP contribution in [0.1, 0.15) is 5.56 Å². The maximum atomic E-state index is 13.6. The second-order valence-electron chi connectivity index (χ2n) is 3.47. The van der Waals surface area contributed by atoms with E-state index in [9.17, 15) is 9.50 Å². The average molecular weight is 248 g/mol. The summed E-state index contributed by atoms with van der Waals surface area (Å²) >= 11 is 5.66. The van der Waals surface area contributed by atoms with E-state index >= 15 is 0 Å². The second-order valence-corrected chi connectivity index (χ2v) is 3.90. The van der Waals surface area contributed by atoms with Crippen molar-refractivity contribution >= 4 is 11.6 Å². The molecule has 2 nitrogen and oxygen atoms in total. The average Bonchev–Trinajstić information content (AvgIpc) is 2.30. The van der Waals surface area contributed by atoms with E-state index in [-0.39, 0.29) is 11.3 Å². The third-order valence-corrected chi connectivity index (χ3v) is 2.59. The number of phenolic OH excluding ortho intramolecular Hbond substituents is 1. The number of nitrogens with zero attached hydrogens (tertiary/aromatic N) is 1. The van der Waals surface area contributed by atoms with Gasteiger partial charge in [0.2, 0.25) is 0 Å². The molecule has 2 rings (SSSR count). The molecule has 1 N–H and O–H groups in total. The lowest BCUT2D eigenvalue weighted by atomic mass is 10.0. The van der Waals surface area contributed by atoms with E-state index in [0.717, 1.165) is 0 Å². The number of benzene rings is 2. The lowest BCUT2D eigenvalue weighted by Gasteiger charge is -2.05. The maximum Gasteiger partial charge on any atom is 0.133 e. The van der Waals surface area contributed by atoms with Gasteiger partial charge in [0, 0.05) is 10.6 Å². The van der Waals surface area contributed by atoms with Crippen molar-refractivity contribution < 1.29 is 9.50 Å². The van der Waals surface area contributed by atoms with E-state index in [2.05, 4.69) is 0 Å². The number of phenols is 1. The predicted molar refractivity (Wildman–Crippen MR) is 63.2 cm³/mol. The van der Waals surface area contributed by atoms with E-state index in [4.69, 9.17) is 16.9 Å². The maximum absolute atomic E-state index is 13.6. The van der Waals surface area contributed by atoms with Crippen LogP contribution in [0.3, 0.4) is 0 Å². The Morgan fingerprint density at radius 2 is 1.94 bits per heavy atom. The predicted octanol–water partition coefficient (Wildman–Crippen LogP) is 3.72. The summed E-state index contributed by atoms with van der Waals surface area (Å²) in [7, 11) is 0. The van der Waals surface area contributed by atoms with Gasteiger partial charge in [-0.15, -0.1) is 0 Å². The van der Waals surface area contributed by atoms with E-state index in [1.807, 2.05) is 6.07 Å². The van der Waals surface area contributed by atoms with Crippen LogP contribution in [0, 0.1) is 17.1 Å². The zero-order valence-corrected chi connectivity index (χ0v) is 9.37. The van der Waals surface area contributed by atoms with Gasteiger partial charge in [0.05, 0.1) is 5.56 Å². The lowest BCUT2D eigenvalue weighted by molar-refractivity contribution is 0.473. The van der Waals surface area contributed by atoms with Crippen LogP contribution in [-0.4, -0.2) is 5.11 Å². The van der Waals surface area contributed by atoms with Crippen molar-refractivity contribution in [3.8, 4) is 22.9 Å². The molecule has 0 spiro atoms. The van der Waals surface area contributed by atoms with Gasteiger partial charge < -0.3 is 5.11 Å². The van der Waals surface area contributed by atoms with Crippen LogP contribution < -0.4 is 0 Å². The van der Waals surface area contributed by atoms with E-state index in [0.29, 0.717) is 16.1 Å². The molecule has 0 aromatic heterocycles. The minimum atomic E-state index is -0.466. The highest BCUT2D eigenvalue weighted by molar-refractivity contribution is 6.30. The summed E-state index contributed by atoms with van der Waals surface area (Å²) < 4.78 is 13.6. The first-order chi connectivity index (χ1) is 8.11. The summed E-state index contributed by atoms with van der Waals surface area (Å²) in [6.07, 6.45) is 0. The Kier molecular flexibility index (Phi) is 2.99. The number of hydrogen-bond acceptors (Lipinski definition) is 2. The Labute approximate surface area is 103 Å². The molecule has 2 aromatic rings. The number of nitriles is 1. The van der Waals surface area contributed by atoms with Crippen LogP contribution in [0.4, 0.5) is 4.39 Å². The molecule has 0 amide bonds. The van der Waals surface area contributed by atoms with Crippen molar-refractivity contribution in [2.24, 2.45) is 0 Å². The van der Waals surface area contributed by atoms with Gasteiger partial charge in [0.15, 0.2) is 0 Å². The van der Waals surface area contributed by atoms with Gasteiger partial charge in [-0.1, -0.05) is 17.7 Å². The van der Waals surface area contributed by atoms with Gasteiger partial charge in [0.25, 0.3) is 0 Å². The quantitative estimate of drug-likeness (QED) is 0.835. The van der Waals surface area contributed by atoms with E-state index in [1.165, 1.54) is 24.3 Å². The standard InChI is InChI=1S/C13H7ClFNO/c14-10-2-3-11(12(15)6-10)8-1-4-13(17)9(5-8)7-16/h1-6,17H. The molecule has 4 heteroatoms. The Balaban J connectivity index is 2.58. The monoisotopic (exact) mass is 247 g/mol. The van der Waals surface area contributed by atoms with Gasteiger partial charge >= 0.3 is 0 Å². The largest absolute Gasteiger partial charge is 0.507 e. The summed E-state index contributed by atoms with van der Waals surface area (Å²) in [4.78, 5) is 0. The van der Waals surface area contributed by atoms with Crippen molar-refractivity contribution in [3.63, 3.8) is 0 Å². The SMILES string of the molecule is N#Cc1cc(-c2ccc(Cl)cc2F)ccc1O. The molecule has 0 atom stereocenters. The highest BCUT2D eigenvalue weighted by atomic mass is 35.5. The molecule has 0 aliphatic carbocycles. The summed E-state index contributed by atoms with van der Waals surface area (Å²) in [6.45, 7) is 0. The molecular weight excluding hydrogens is 241 g/mol. The smallest absolute Gasteiger partial charge is 0.133 e. The van der Waals surface area contributed by atoms with Crippen LogP contribution in [-0.2, 0) is 0 Å². The molecular formula is C13H7ClFNO. The molecule has 84 valence electrons. The second kappa shape index (κ2) is 4.44. The molecule has 0 heterocycles. The number of halogens is 2. The van der Waals surface area contributed by atoms with Crippen molar-refractivity contribution in [2.45, 2.75) is 0 Å². The lowest BCUT2D eigenvalue weighted by Crippen LogP contribution is -1.86. The number of hydrogen-bond donors (Lipinski definition) is 1. The third kappa shape index (κ3) is 2.22. The number of rotatable bonds is 1. The van der Waals surface area contributed by atoms with Crippen molar-refractivity contribution in [1.29, 1.82) is 5.26 Å². The summed E-state index contributed by atoms with van der Waals surface area (Å²) in [5.41, 5.74) is 0.969. The first kappa shape index (κ1) is 11.4. The van der Waals surface area contributed by atoms with Crippen LogP contribution in [0.15, 0.2) is 36.4 Å². The van der Waals surface area contributed by atoms with Crippen LogP contribution in [0.5, 0.6) is 5.75 Å². The molecule has 0 aliphatic heterocycles. The molecule has 0 aliphatic rings. The Bertz CT molecular complexity index is 619. The minimum absolute atomic E-state index is 0.108. The van der Waals surface area contributed by atoms with Gasteiger partial charge in [-0.05, 0) is 35.9 Å². The molecule has 0 fully saturated rings. The normalized spacial score (nSPS) is 9.94.